The SMILES string of the molecule is O=C(NC1CCOC1)N[C@@H]1c2ccccc2C[C@@H]1O. The van der Waals surface area contributed by atoms with E-state index in [1.54, 1.807) is 0 Å². The zero-order valence-electron chi connectivity index (χ0n) is 10.6. The van der Waals surface area contributed by atoms with Gasteiger partial charge < -0.3 is 20.5 Å². The monoisotopic (exact) mass is 262 g/mol. The molecule has 0 radical (unpaired) electrons. The highest BCUT2D eigenvalue weighted by atomic mass is 16.5. The molecule has 102 valence electrons. The first-order valence-corrected chi connectivity index (χ1v) is 6.64. The summed E-state index contributed by atoms with van der Waals surface area (Å²) in [5.41, 5.74) is 2.11. The largest absolute Gasteiger partial charge is 0.390 e. The van der Waals surface area contributed by atoms with Crippen LogP contribution < -0.4 is 10.6 Å². The number of aliphatic hydroxyl groups is 1. The number of carbonyl (C=O) groups excluding carboxylic acids is 1. The lowest BCUT2D eigenvalue weighted by molar-refractivity contribution is 0.141. The topological polar surface area (TPSA) is 70.6 Å². The number of nitrogens with one attached hydrogen (secondary N) is 2. The Bertz CT molecular complexity index is 472. The fourth-order valence-electron chi connectivity index (χ4n) is 2.76. The molecule has 5 heteroatoms. The molecule has 3 rings (SSSR count). The van der Waals surface area contributed by atoms with Crippen molar-refractivity contribution in [2.75, 3.05) is 13.2 Å². The molecule has 0 spiro atoms. The van der Waals surface area contributed by atoms with Crippen LogP contribution in [0, 0.1) is 0 Å². The lowest BCUT2D eigenvalue weighted by atomic mass is 10.1. The van der Waals surface area contributed by atoms with Crippen molar-refractivity contribution in [3.63, 3.8) is 0 Å². The molecule has 1 aromatic carbocycles. The van der Waals surface area contributed by atoms with E-state index < -0.39 is 6.10 Å². The Hall–Kier alpha value is -1.59. The molecule has 3 atom stereocenters. The molecule has 1 unspecified atom stereocenters. The highest BCUT2D eigenvalue weighted by molar-refractivity contribution is 5.75. The Kier molecular flexibility index (Phi) is 3.40. The van der Waals surface area contributed by atoms with E-state index in [1.165, 1.54) is 0 Å². The van der Waals surface area contributed by atoms with Gasteiger partial charge in [-0.05, 0) is 17.5 Å². The van der Waals surface area contributed by atoms with Gasteiger partial charge in [-0.2, -0.15) is 0 Å². The average molecular weight is 262 g/mol. The van der Waals surface area contributed by atoms with Crippen LogP contribution in [-0.2, 0) is 11.2 Å². The lowest BCUT2D eigenvalue weighted by Crippen LogP contribution is -2.45. The second kappa shape index (κ2) is 5.19. The summed E-state index contributed by atoms with van der Waals surface area (Å²) in [6.45, 7) is 1.26. The molecule has 2 amide bonds. The fourth-order valence-corrected chi connectivity index (χ4v) is 2.76. The smallest absolute Gasteiger partial charge is 0.315 e. The highest BCUT2D eigenvalue weighted by Gasteiger charge is 2.32. The van der Waals surface area contributed by atoms with Gasteiger partial charge in [0.25, 0.3) is 0 Å². The van der Waals surface area contributed by atoms with Gasteiger partial charge in [-0.1, -0.05) is 24.3 Å². The Morgan fingerprint density at radius 1 is 1.32 bits per heavy atom. The number of fused-ring (bicyclic) bond motifs is 1. The van der Waals surface area contributed by atoms with Gasteiger partial charge in [0.2, 0.25) is 0 Å². The first kappa shape index (κ1) is 12.4. The average Bonchev–Trinajstić information content (AvgIpc) is 2.99. The summed E-state index contributed by atoms with van der Waals surface area (Å²) >= 11 is 0. The summed E-state index contributed by atoms with van der Waals surface area (Å²) in [4.78, 5) is 11.9. The Morgan fingerprint density at radius 2 is 2.16 bits per heavy atom. The van der Waals surface area contributed by atoms with Gasteiger partial charge >= 0.3 is 6.03 Å². The molecular weight excluding hydrogens is 244 g/mol. The third kappa shape index (κ3) is 2.57. The fraction of sp³-hybridized carbons (Fsp3) is 0.500. The molecule has 3 N–H and O–H groups in total. The second-order valence-electron chi connectivity index (χ2n) is 5.13. The van der Waals surface area contributed by atoms with Crippen LogP contribution in [-0.4, -0.2) is 36.5 Å². The molecule has 1 aromatic rings. The summed E-state index contributed by atoms with van der Waals surface area (Å²) in [5.74, 6) is 0. The van der Waals surface area contributed by atoms with Gasteiger partial charge in [0.15, 0.2) is 0 Å². The van der Waals surface area contributed by atoms with E-state index in [2.05, 4.69) is 10.6 Å². The summed E-state index contributed by atoms with van der Waals surface area (Å²) < 4.78 is 5.21. The van der Waals surface area contributed by atoms with Crippen molar-refractivity contribution in [1.82, 2.24) is 10.6 Å². The van der Waals surface area contributed by atoms with E-state index in [0.29, 0.717) is 19.6 Å². The molecule has 5 nitrogen and oxygen atoms in total. The van der Waals surface area contributed by atoms with Crippen LogP contribution in [0.1, 0.15) is 23.6 Å². The summed E-state index contributed by atoms with van der Waals surface area (Å²) in [6, 6.07) is 7.33. The number of hydrogen-bond acceptors (Lipinski definition) is 3. The number of aliphatic hydroxyl groups excluding tert-OH is 1. The van der Waals surface area contributed by atoms with Crippen molar-refractivity contribution in [3.8, 4) is 0 Å². The maximum atomic E-state index is 11.9. The molecule has 1 heterocycles. The number of amides is 2. The first-order valence-electron chi connectivity index (χ1n) is 6.64. The molecule has 1 fully saturated rings. The standard InChI is InChI=1S/C14H18N2O3/c17-12-7-9-3-1-2-4-11(9)13(12)16-14(18)15-10-5-6-19-8-10/h1-4,10,12-13,17H,5-8H2,(H2,15,16,18)/t10?,12-,13+/m0/s1. The first-order chi connectivity index (χ1) is 9.24. The number of ether oxygens (including phenoxy) is 1. The van der Waals surface area contributed by atoms with Crippen molar-refractivity contribution in [2.24, 2.45) is 0 Å². The number of urea groups is 1. The number of benzene rings is 1. The minimum Gasteiger partial charge on any atom is -0.390 e. The lowest BCUT2D eigenvalue weighted by Gasteiger charge is -2.20. The van der Waals surface area contributed by atoms with Crippen LogP contribution in [0.2, 0.25) is 0 Å². The van der Waals surface area contributed by atoms with Crippen LogP contribution in [0.15, 0.2) is 24.3 Å². The van der Waals surface area contributed by atoms with Crippen LogP contribution in [0.25, 0.3) is 0 Å². The zero-order chi connectivity index (χ0) is 13.2. The van der Waals surface area contributed by atoms with Gasteiger partial charge in [-0.3, -0.25) is 0 Å². The minimum atomic E-state index is -0.553. The van der Waals surface area contributed by atoms with Gasteiger partial charge in [0, 0.05) is 13.0 Å². The maximum Gasteiger partial charge on any atom is 0.315 e. The van der Waals surface area contributed by atoms with Crippen molar-refractivity contribution in [1.29, 1.82) is 0 Å². The van der Waals surface area contributed by atoms with Gasteiger partial charge in [0.05, 0.1) is 24.8 Å². The summed E-state index contributed by atoms with van der Waals surface area (Å²) in [6.07, 6.45) is 0.883. The van der Waals surface area contributed by atoms with E-state index >= 15 is 0 Å². The predicted molar refractivity (Wildman–Crippen MR) is 69.8 cm³/mol. The number of rotatable bonds is 2. The van der Waals surface area contributed by atoms with Crippen molar-refractivity contribution in [2.45, 2.75) is 31.0 Å². The van der Waals surface area contributed by atoms with Crippen LogP contribution in [0.5, 0.6) is 0 Å². The van der Waals surface area contributed by atoms with Crippen molar-refractivity contribution in [3.05, 3.63) is 35.4 Å². The maximum absolute atomic E-state index is 11.9. The molecule has 2 aliphatic rings. The third-order valence-electron chi connectivity index (χ3n) is 3.76. The molecule has 1 saturated heterocycles. The third-order valence-corrected chi connectivity index (χ3v) is 3.76. The minimum absolute atomic E-state index is 0.0776. The van der Waals surface area contributed by atoms with E-state index in [1.807, 2.05) is 24.3 Å². The molecule has 0 saturated carbocycles. The quantitative estimate of drug-likeness (QED) is 0.736. The molecule has 0 aromatic heterocycles. The van der Waals surface area contributed by atoms with Crippen LogP contribution >= 0.6 is 0 Å². The predicted octanol–water partition coefficient (Wildman–Crippen LogP) is 0.733. The van der Waals surface area contributed by atoms with E-state index in [9.17, 15) is 9.90 Å². The highest BCUT2D eigenvalue weighted by Crippen LogP contribution is 2.31. The Labute approximate surface area is 112 Å². The van der Waals surface area contributed by atoms with Crippen LogP contribution in [0.4, 0.5) is 4.79 Å². The van der Waals surface area contributed by atoms with Gasteiger partial charge in [-0.15, -0.1) is 0 Å². The Morgan fingerprint density at radius 3 is 2.95 bits per heavy atom. The normalized spacial score (nSPS) is 29.0. The van der Waals surface area contributed by atoms with Crippen molar-refractivity contribution >= 4 is 6.03 Å². The summed E-state index contributed by atoms with van der Waals surface area (Å²) in [7, 11) is 0. The Balaban J connectivity index is 1.64. The van der Waals surface area contributed by atoms with Gasteiger partial charge in [0.1, 0.15) is 0 Å². The van der Waals surface area contributed by atoms with Crippen LogP contribution in [0.3, 0.4) is 0 Å². The molecule has 0 bridgehead atoms. The van der Waals surface area contributed by atoms with E-state index in [-0.39, 0.29) is 18.1 Å². The zero-order valence-corrected chi connectivity index (χ0v) is 10.6. The number of hydrogen-bond donors (Lipinski definition) is 3. The molecule has 1 aliphatic heterocycles. The van der Waals surface area contributed by atoms with Crippen molar-refractivity contribution < 1.29 is 14.6 Å². The van der Waals surface area contributed by atoms with E-state index in [0.717, 1.165) is 17.5 Å². The molecule has 19 heavy (non-hydrogen) atoms. The van der Waals surface area contributed by atoms with E-state index in [4.69, 9.17) is 4.74 Å². The number of carbonyl (C=O) groups is 1. The van der Waals surface area contributed by atoms with Gasteiger partial charge in [-0.25, -0.2) is 4.79 Å². The summed E-state index contributed by atoms with van der Waals surface area (Å²) in [5, 5.41) is 15.8. The second-order valence-corrected chi connectivity index (χ2v) is 5.13. The molecular formula is C14H18N2O3. The molecule has 1 aliphatic carbocycles.